The van der Waals surface area contributed by atoms with Gasteiger partial charge >= 0.3 is 0 Å². The molecule has 0 spiro atoms. The van der Waals surface area contributed by atoms with E-state index in [1.165, 1.54) is 0 Å². The van der Waals surface area contributed by atoms with Crippen LogP contribution >= 0.6 is 0 Å². The van der Waals surface area contributed by atoms with E-state index in [1.807, 2.05) is 36.4 Å². The average molecular weight is 366 g/mol. The molecule has 136 valence electrons. The molecule has 0 saturated heterocycles. The zero-order valence-corrected chi connectivity index (χ0v) is 14.2. The van der Waals surface area contributed by atoms with Gasteiger partial charge in [-0.3, -0.25) is 5.10 Å². The Morgan fingerprint density at radius 2 is 1.93 bits per heavy atom. The molecule has 0 aliphatic heterocycles. The number of anilines is 3. The van der Waals surface area contributed by atoms with E-state index in [4.69, 9.17) is 0 Å². The highest BCUT2D eigenvalue weighted by atomic mass is 19.3. The van der Waals surface area contributed by atoms with Gasteiger partial charge in [0.1, 0.15) is 11.6 Å². The molecular formula is C19H16F2N6. The van der Waals surface area contributed by atoms with E-state index in [0.717, 1.165) is 27.7 Å². The second-order valence-corrected chi connectivity index (χ2v) is 6.80. The first-order valence-corrected chi connectivity index (χ1v) is 8.67. The standard InChI is InChI=1S/C19H16F2N6/c20-19(21)9-13(10-19)25-16-14-4-3-12(8-11(14)5-7-23-16)24-18-15-2-1-6-22-17(15)26-27-18/h1-8,13H,9-10H2,(H,23,25)(H2,22,24,26,27). The maximum atomic E-state index is 13.1. The number of hydrogen-bond donors (Lipinski definition) is 3. The lowest BCUT2D eigenvalue weighted by Gasteiger charge is -2.35. The molecule has 0 unspecified atom stereocenters. The van der Waals surface area contributed by atoms with Crippen LogP contribution in [0.15, 0.2) is 48.8 Å². The maximum Gasteiger partial charge on any atom is 0.252 e. The number of hydrogen-bond acceptors (Lipinski definition) is 5. The number of rotatable bonds is 4. The lowest BCUT2D eigenvalue weighted by Crippen LogP contribution is -2.44. The summed E-state index contributed by atoms with van der Waals surface area (Å²) in [5.74, 6) is -1.15. The van der Waals surface area contributed by atoms with Crippen molar-refractivity contribution in [3.8, 4) is 0 Å². The number of aromatic nitrogens is 4. The fourth-order valence-corrected chi connectivity index (χ4v) is 3.42. The van der Waals surface area contributed by atoms with Crippen molar-refractivity contribution in [1.82, 2.24) is 20.2 Å². The first kappa shape index (κ1) is 15.9. The molecule has 1 aliphatic carbocycles. The average Bonchev–Trinajstić information content (AvgIpc) is 3.03. The Hall–Kier alpha value is -3.29. The van der Waals surface area contributed by atoms with Crippen molar-refractivity contribution in [3.63, 3.8) is 0 Å². The predicted octanol–water partition coefficient (Wildman–Crippen LogP) is 4.46. The van der Waals surface area contributed by atoms with Crippen LogP contribution in [0.4, 0.5) is 26.1 Å². The van der Waals surface area contributed by atoms with Crippen LogP contribution < -0.4 is 10.6 Å². The van der Waals surface area contributed by atoms with Crippen LogP contribution in [-0.2, 0) is 0 Å². The van der Waals surface area contributed by atoms with Crippen LogP contribution in [0, 0.1) is 0 Å². The molecule has 3 aromatic heterocycles. The van der Waals surface area contributed by atoms with Gasteiger partial charge in [0.25, 0.3) is 5.92 Å². The van der Waals surface area contributed by atoms with Crippen LogP contribution in [0.2, 0.25) is 0 Å². The van der Waals surface area contributed by atoms with Crippen LogP contribution in [0.1, 0.15) is 12.8 Å². The van der Waals surface area contributed by atoms with E-state index in [0.29, 0.717) is 11.5 Å². The maximum absolute atomic E-state index is 13.1. The third-order valence-corrected chi connectivity index (χ3v) is 4.79. The molecule has 0 atom stereocenters. The third-order valence-electron chi connectivity index (χ3n) is 4.79. The molecule has 4 aromatic rings. The molecule has 0 amide bonds. The fourth-order valence-electron chi connectivity index (χ4n) is 3.42. The number of H-pyrrole nitrogens is 1. The third kappa shape index (κ3) is 2.92. The second-order valence-electron chi connectivity index (χ2n) is 6.80. The highest BCUT2D eigenvalue weighted by molar-refractivity contribution is 5.95. The number of benzene rings is 1. The Morgan fingerprint density at radius 1 is 1.04 bits per heavy atom. The first-order chi connectivity index (χ1) is 13.1. The molecule has 1 aromatic carbocycles. The highest BCUT2D eigenvalue weighted by Crippen LogP contribution is 2.39. The van der Waals surface area contributed by atoms with Crippen molar-refractivity contribution in [3.05, 3.63) is 48.8 Å². The highest BCUT2D eigenvalue weighted by Gasteiger charge is 2.45. The Kier molecular flexibility index (Phi) is 3.46. The summed E-state index contributed by atoms with van der Waals surface area (Å²) in [6.45, 7) is 0. The van der Waals surface area contributed by atoms with E-state index in [2.05, 4.69) is 30.8 Å². The van der Waals surface area contributed by atoms with Gasteiger partial charge in [0.05, 0.1) is 5.39 Å². The van der Waals surface area contributed by atoms with Gasteiger partial charge in [-0.2, -0.15) is 5.10 Å². The summed E-state index contributed by atoms with van der Waals surface area (Å²) in [7, 11) is 0. The first-order valence-electron chi connectivity index (χ1n) is 8.67. The summed E-state index contributed by atoms with van der Waals surface area (Å²) in [6, 6.07) is 11.3. The summed E-state index contributed by atoms with van der Waals surface area (Å²) in [5.41, 5.74) is 1.53. The molecule has 1 fully saturated rings. The van der Waals surface area contributed by atoms with E-state index >= 15 is 0 Å². The van der Waals surface area contributed by atoms with Crippen molar-refractivity contribution in [1.29, 1.82) is 0 Å². The molecule has 8 heteroatoms. The van der Waals surface area contributed by atoms with E-state index in [9.17, 15) is 8.78 Å². The lowest BCUT2D eigenvalue weighted by atomic mass is 9.88. The van der Waals surface area contributed by atoms with Gasteiger partial charge in [-0.1, -0.05) is 0 Å². The van der Waals surface area contributed by atoms with Gasteiger partial charge in [-0.15, -0.1) is 0 Å². The SMILES string of the molecule is FC1(F)CC(Nc2nccc3cc(Nc4[nH]nc5ncccc45)ccc23)C1. The Balaban J connectivity index is 1.42. The number of nitrogens with zero attached hydrogens (tertiary/aromatic N) is 3. The van der Waals surface area contributed by atoms with Crippen LogP contribution in [0.25, 0.3) is 21.8 Å². The van der Waals surface area contributed by atoms with Crippen LogP contribution in [0.3, 0.4) is 0 Å². The van der Waals surface area contributed by atoms with E-state index in [-0.39, 0.29) is 18.9 Å². The van der Waals surface area contributed by atoms with Crippen LogP contribution in [0.5, 0.6) is 0 Å². The molecule has 1 aliphatic rings. The Bertz CT molecular complexity index is 1130. The minimum absolute atomic E-state index is 0.147. The summed E-state index contributed by atoms with van der Waals surface area (Å²) in [5, 5.41) is 16.3. The largest absolute Gasteiger partial charge is 0.366 e. The second kappa shape index (κ2) is 5.87. The molecular weight excluding hydrogens is 350 g/mol. The number of halogens is 2. The van der Waals surface area contributed by atoms with Crippen molar-refractivity contribution in [2.24, 2.45) is 0 Å². The number of fused-ring (bicyclic) bond motifs is 2. The summed E-state index contributed by atoms with van der Waals surface area (Å²) in [4.78, 5) is 8.53. The summed E-state index contributed by atoms with van der Waals surface area (Å²) in [6.07, 6.45) is 3.08. The number of alkyl halides is 2. The molecule has 3 N–H and O–H groups in total. The van der Waals surface area contributed by atoms with E-state index in [1.54, 1.807) is 12.4 Å². The Morgan fingerprint density at radius 3 is 2.78 bits per heavy atom. The van der Waals surface area contributed by atoms with Gasteiger partial charge in [0.15, 0.2) is 5.65 Å². The van der Waals surface area contributed by atoms with Gasteiger partial charge in [0.2, 0.25) is 0 Å². The zero-order valence-electron chi connectivity index (χ0n) is 14.2. The van der Waals surface area contributed by atoms with Crippen molar-refractivity contribution >= 4 is 39.1 Å². The fraction of sp³-hybridized carbons (Fsp3) is 0.211. The molecule has 0 bridgehead atoms. The van der Waals surface area contributed by atoms with Gasteiger partial charge < -0.3 is 10.6 Å². The van der Waals surface area contributed by atoms with Crippen molar-refractivity contribution in [2.75, 3.05) is 10.6 Å². The molecule has 6 nitrogen and oxygen atoms in total. The monoisotopic (exact) mass is 366 g/mol. The number of aromatic amines is 1. The van der Waals surface area contributed by atoms with E-state index < -0.39 is 5.92 Å². The number of nitrogens with one attached hydrogen (secondary N) is 3. The van der Waals surface area contributed by atoms with Gasteiger partial charge in [-0.05, 0) is 41.8 Å². The molecule has 1 saturated carbocycles. The van der Waals surface area contributed by atoms with Crippen molar-refractivity contribution < 1.29 is 8.78 Å². The van der Waals surface area contributed by atoms with Crippen molar-refractivity contribution in [2.45, 2.75) is 24.8 Å². The topological polar surface area (TPSA) is 78.5 Å². The quantitative estimate of drug-likeness (QED) is 0.497. The van der Waals surface area contributed by atoms with Crippen LogP contribution in [-0.4, -0.2) is 32.1 Å². The predicted molar refractivity (Wildman–Crippen MR) is 101 cm³/mol. The lowest BCUT2D eigenvalue weighted by molar-refractivity contribution is -0.0793. The Labute approximate surface area is 153 Å². The summed E-state index contributed by atoms with van der Waals surface area (Å²) >= 11 is 0. The normalized spacial score (nSPS) is 16.4. The minimum Gasteiger partial charge on any atom is -0.366 e. The molecule has 5 rings (SSSR count). The van der Waals surface area contributed by atoms with Gasteiger partial charge in [-0.25, -0.2) is 18.7 Å². The molecule has 0 radical (unpaired) electrons. The zero-order chi connectivity index (χ0) is 18.4. The number of pyridine rings is 2. The minimum atomic E-state index is -2.55. The summed E-state index contributed by atoms with van der Waals surface area (Å²) < 4.78 is 26.1. The van der Waals surface area contributed by atoms with Gasteiger partial charge in [0, 0.05) is 42.4 Å². The smallest absolute Gasteiger partial charge is 0.252 e. The molecule has 27 heavy (non-hydrogen) atoms. The molecule has 3 heterocycles.